The van der Waals surface area contributed by atoms with Crippen LogP contribution < -0.4 is 5.32 Å². The standard InChI is InChI=1S/C16H25NO/c1-16(2,3)14-9-4-5-10-15(14)17-12-7-6-8-13(18)11-12/h6-8,11,14-15,17-18H,4-5,9-10H2,1-3H3. The molecule has 2 nitrogen and oxygen atoms in total. The molecule has 0 amide bonds. The molecule has 0 bridgehead atoms. The molecule has 1 aromatic rings. The molecule has 100 valence electrons. The molecule has 1 aliphatic rings. The van der Waals surface area contributed by atoms with E-state index in [1.807, 2.05) is 18.2 Å². The van der Waals surface area contributed by atoms with Crippen molar-refractivity contribution in [2.45, 2.75) is 52.5 Å². The van der Waals surface area contributed by atoms with Crippen LogP contribution in [0.15, 0.2) is 24.3 Å². The van der Waals surface area contributed by atoms with E-state index in [2.05, 4.69) is 26.1 Å². The zero-order valence-corrected chi connectivity index (χ0v) is 11.7. The predicted octanol–water partition coefficient (Wildman–Crippen LogP) is 4.41. The van der Waals surface area contributed by atoms with Crippen LogP contribution in [0.3, 0.4) is 0 Å². The van der Waals surface area contributed by atoms with E-state index >= 15 is 0 Å². The maximum Gasteiger partial charge on any atom is 0.117 e. The molecule has 0 heterocycles. The van der Waals surface area contributed by atoms with Gasteiger partial charge in [-0.3, -0.25) is 0 Å². The quantitative estimate of drug-likeness (QED) is 0.811. The van der Waals surface area contributed by atoms with E-state index < -0.39 is 0 Å². The maximum atomic E-state index is 9.53. The van der Waals surface area contributed by atoms with E-state index in [0.29, 0.717) is 23.1 Å². The van der Waals surface area contributed by atoms with Crippen molar-refractivity contribution in [1.29, 1.82) is 0 Å². The monoisotopic (exact) mass is 247 g/mol. The van der Waals surface area contributed by atoms with E-state index in [-0.39, 0.29) is 0 Å². The molecule has 1 fully saturated rings. The Morgan fingerprint density at radius 2 is 1.89 bits per heavy atom. The van der Waals surface area contributed by atoms with E-state index in [1.54, 1.807) is 6.07 Å². The van der Waals surface area contributed by atoms with Crippen LogP contribution >= 0.6 is 0 Å². The summed E-state index contributed by atoms with van der Waals surface area (Å²) >= 11 is 0. The van der Waals surface area contributed by atoms with Gasteiger partial charge in [-0.25, -0.2) is 0 Å². The van der Waals surface area contributed by atoms with Crippen molar-refractivity contribution < 1.29 is 5.11 Å². The lowest BCUT2D eigenvalue weighted by molar-refractivity contribution is 0.163. The topological polar surface area (TPSA) is 32.3 Å². The zero-order valence-electron chi connectivity index (χ0n) is 11.7. The number of anilines is 1. The maximum absolute atomic E-state index is 9.53. The lowest BCUT2D eigenvalue weighted by atomic mass is 9.69. The van der Waals surface area contributed by atoms with Crippen molar-refractivity contribution in [3.8, 4) is 5.75 Å². The first-order chi connectivity index (χ1) is 8.47. The van der Waals surface area contributed by atoms with Crippen LogP contribution in [0.5, 0.6) is 5.75 Å². The van der Waals surface area contributed by atoms with Crippen LogP contribution in [0.4, 0.5) is 5.69 Å². The zero-order chi connectivity index (χ0) is 13.2. The number of benzene rings is 1. The lowest BCUT2D eigenvalue weighted by Gasteiger charge is -2.41. The van der Waals surface area contributed by atoms with Gasteiger partial charge < -0.3 is 10.4 Å². The summed E-state index contributed by atoms with van der Waals surface area (Å²) in [5, 5.41) is 13.1. The largest absolute Gasteiger partial charge is 0.508 e. The van der Waals surface area contributed by atoms with Gasteiger partial charge in [-0.05, 0) is 36.3 Å². The Hall–Kier alpha value is -1.18. The summed E-state index contributed by atoms with van der Waals surface area (Å²) < 4.78 is 0. The molecule has 1 saturated carbocycles. The van der Waals surface area contributed by atoms with Gasteiger partial charge in [-0.2, -0.15) is 0 Å². The second kappa shape index (κ2) is 5.21. The summed E-state index contributed by atoms with van der Waals surface area (Å²) in [4.78, 5) is 0. The van der Waals surface area contributed by atoms with Crippen LogP contribution in [0, 0.1) is 11.3 Å². The van der Waals surface area contributed by atoms with Crippen molar-refractivity contribution in [3.63, 3.8) is 0 Å². The molecule has 2 atom stereocenters. The van der Waals surface area contributed by atoms with Gasteiger partial charge in [0.15, 0.2) is 0 Å². The van der Waals surface area contributed by atoms with Gasteiger partial charge >= 0.3 is 0 Å². The van der Waals surface area contributed by atoms with Crippen LogP contribution in [0.25, 0.3) is 0 Å². The Morgan fingerprint density at radius 1 is 1.17 bits per heavy atom. The van der Waals surface area contributed by atoms with Crippen molar-refractivity contribution in [1.82, 2.24) is 0 Å². The van der Waals surface area contributed by atoms with Crippen LogP contribution in [0.2, 0.25) is 0 Å². The second-order valence-corrected chi connectivity index (χ2v) is 6.56. The minimum Gasteiger partial charge on any atom is -0.508 e. The van der Waals surface area contributed by atoms with Gasteiger partial charge in [0.25, 0.3) is 0 Å². The molecule has 2 rings (SSSR count). The van der Waals surface area contributed by atoms with E-state index in [0.717, 1.165) is 5.69 Å². The Balaban J connectivity index is 2.10. The molecule has 0 radical (unpaired) electrons. The van der Waals surface area contributed by atoms with Gasteiger partial charge in [0.1, 0.15) is 5.75 Å². The molecule has 18 heavy (non-hydrogen) atoms. The molecule has 0 aliphatic heterocycles. The third-order valence-electron chi connectivity index (χ3n) is 4.08. The first-order valence-electron chi connectivity index (χ1n) is 7.02. The highest BCUT2D eigenvalue weighted by Crippen LogP contribution is 2.39. The highest BCUT2D eigenvalue weighted by Gasteiger charge is 2.33. The predicted molar refractivity (Wildman–Crippen MR) is 76.9 cm³/mol. The van der Waals surface area contributed by atoms with Crippen LogP contribution in [0.1, 0.15) is 46.5 Å². The fourth-order valence-corrected chi connectivity index (χ4v) is 3.15. The summed E-state index contributed by atoms with van der Waals surface area (Å²) in [7, 11) is 0. The number of hydrogen-bond donors (Lipinski definition) is 2. The summed E-state index contributed by atoms with van der Waals surface area (Å²) in [6.45, 7) is 7.00. The van der Waals surface area contributed by atoms with Crippen molar-refractivity contribution >= 4 is 5.69 Å². The molecular weight excluding hydrogens is 222 g/mol. The molecule has 0 aromatic heterocycles. The SMILES string of the molecule is CC(C)(C)C1CCCCC1Nc1cccc(O)c1. The molecule has 2 N–H and O–H groups in total. The average Bonchev–Trinajstić information content (AvgIpc) is 2.28. The van der Waals surface area contributed by atoms with E-state index in [1.165, 1.54) is 25.7 Å². The fraction of sp³-hybridized carbons (Fsp3) is 0.625. The average molecular weight is 247 g/mol. The number of nitrogens with one attached hydrogen (secondary N) is 1. The third-order valence-corrected chi connectivity index (χ3v) is 4.08. The smallest absolute Gasteiger partial charge is 0.117 e. The number of aromatic hydroxyl groups is 1. The molecule has 0 spiro atoms. The first-order valence-corrected chi connectivity index (χ1v) is 7.02. The Labute approximate surface area is 110 Å². The van der Waals surface area contributed by atoms with E-state index in [9.17, 15) is 5.11 Å². The molecule has 0 saturated heterocycles. The Kier molecular flexibility index (Phi) is 3.84. The second-order valence-electron chi connectivity index (χ2n) is 6.56. The molecule has 1 aromatic carbocycles. The van der Waals surface area contributed by atoms with E-state index in [4.69, 9.17) is 0 Å². The van der Waals surface area contributed by atoms with Crippen molar-refractivity contribution in [2.24, 2.45) is 11.3 Å². The third kappa shape index (κ3) is 3.18. The van der Waals surface area contributed by atoms with Crippen molar-refractivity contribution in [2.75, 3.05) is 5.32 Å². The minimum atomic E-state index is 0.336. The van der Waals surface area contributed by atoms with Gasteiger partial charge in [-0.1, -0.05) is 39.7 Å². The van der Waals surface area contributed by atoms with Crippen LogP contribution in [-0.2, 0) is 0 Å². The number of phenols is 1. The number of hydrogen-bond acceptors (Lipinski definition) is 2. The molecule has 1 aliphatic carbocycles. The Morgan fingerprint density at radius 3 is 2.56 bits per heavy atom. The number of rotatable bonds is 2. The first kappa shape index (κ1) is 13.3. The van der Waals surface area contributed by atoms with Gasteiger partial charge in [0.2, 0.25) is 0 Å². The van der Waals surface area contributed by atoms with Gasteiger partial charge in [0, 0.05) is 17.8 Å². The fourth-order valence-electron chi connectivity index (χ4n) is 3.15. The lowest BCUT2D eigenvalue weighted by Crippen LogP contribution is -2.39. The van der Waals surface area contributed by atoms with Crippen LogP contribution in [-0.4, -0.2) is 11.1 Å². The van der Waals surface area contributed by atoms with Gasteiger partial charge in [-0.15, -0.1) is 0 Å². The summed E-state index contributed by atoms with van der Waals surface area (Å²) in [5.41, 5.74) is 1.38. The van der Waals surface area contributed by atoms with Crippen molar-refractivity contribution in [3.05, 3.63) is 24.3 Å². The molecule has 2 unspecified atom stereocenters. The Bertz CT molecular complexity index is 394. The highest BCUT2D eigenvalue weighted by molar-refractivity contribution is 5.48. The molecular formula is C16H25NO. The summed E-state index contributed by atoms with van der Waals surface area (Å²) in [5.74, 6) is 1.04. The highest BCUT2D eigenvalue weighted by atomic mass is 16.3. The molecule has 2 heteroatoms. The normalized spacial score (nSPS) is 24.8. The van der Waals surface area contributed by atoms with Gasteiger partial charge in [0.05, 0.1) is 0 Å². The number of phenolic OH excluding ortho intramolecular Hbond substituents is 1. The summed E-state index contributed by atoms with van der Waals surface area (Å²) in [6.07, 6.45) is 5.20. The minimum absolute atomic E-state index is 0.336. The summed E-state index contributed by atoms with van der Waals surface area (Å²) in [6, 6.07) is 7.99.